The molecule has 0 radical (unpaired) electrons. The molecule has 1 aromatic carbocycles. The molecule has 20 heavy (non-hydrogen) atoms. The Bertz CT molecular complexity index is 556. The maximum absolute atomic E-state index is 12.2. The van der Waals surface area contributed by atoms with Gasteiger partial charge >= 0.3 is 0 Å². The molecule has 0 spiro atoms. The minimum absolute atomic E-state index is 0.233. The summed E-state index contributed by atoms with van der Waals surface area (Å²) in [6, 6.07) is 7.03. The molecule has 1 atom stereocenters. The number of aliphatic hydroxyl groups is 1. The van der Waals surface area contributed by atoms with E-state index in [0.717, 1.165) is 6.42 Å². The largest absolute Gasteiger partial charge is 0.391 e. The lowest BCUT2D eigenvalue weighted by Gasteiger charge is -2.12. The smallest absolute Gasteiger partial charge is 0.253 e. The number of carbonyl (C=O) groups is 1. The summed E-state index contributed by atoms with van der Waals surface area (Å²) >= 11 is 0. The van der Waals surface area contributed by atoms with Gasteiger partial charge in [-0.3, -0.25) is 4.79 Å². The summed E-state index contributed by atoms with van der Waals surface area (Å²) in [5.74, 6) is -0.258. The molecule has 1 heterocycles. The van der Waals surface area contributed by atoms with Crippen molar-refractivity contribution in [1.82, 2.24) is 25.5 Å². The van der Waals surface area contributed by atoms with Gasteiger partial charge in [0.15, 0.2) is 0 Å². The molecule has 0 aliphatic rings. The number of rotatable bonds is 6. The van der Waals surface area contributed by atoms with E-state index in [1.54, 1.807) is 24.3 Å². The van der Waals surface area contributed by atoms with E-state index in [-0.39, 0.29) is 12.5 Å². The van der Waals surface area contributed by atoms with E-state index >= 15 is 0 Å². The first-order chi connectivity index (χ1) is 9.72. The van der Waals surface area contributed by atoms with E-state index in [2.05, 4.69) is 20.8 Å². The molecular formula is C13H17N5O2. The molecule has 0 saturated carbocycles. The van der Waals surface area contributed by atoms with Gasteiger partial charge in [-0.1, -0.05) is 25.5 Å². The van der Waals surface area contributed by atoms with E-state index in [1.165, 1.54) is 11.0 Å². The molecule has 0 bridgehead atoms. The number of nitrogens with zero attached hydrogens (tertiary/aromatic N) is 4. The van der Waals surface area contributed by atoms with Crippen LogP contribution in [0, 0.1) is 0 Å². The van der Waals surface area contributed by atoms with Gasteiger partial charge in [-0.15, -0.1) is 5.10 Å². The summed E-state index contributed by atoms with van der Waals surface area (Å²) < 4.78 is 1.43. The highest BCUT2D eigenvalue weighted by Gasteiger charge is 2.14. The summed E-state index contributed by atoms with van der Waals surface area (Å²) in [5, 5.41) is 23.3. The first kappa shape index (κ1) is 14.1. The second-order valence-electron chi connectivity index (χ2n) is 4.42. The highest BCUT2D eigenvalue weighted by Crippen LogP contribution is 2.12. The van der Waals surface area contributed by atoms with Crippen LogP contribution in [0.4, 0.5) is 0 Å². The van der Waals surface area contributed by atoms with Crippen molar-refractivity contribution < 1.29 is 9.90 Å². The number of hydrogen-bond donors (Lipinski definition) is 2. The number of benzene rings is 1. The Morgan fingerprint density at radius 1 is 1.45 bits per heavy atom. The minimum Gasteiger partial charge on any atom is -0.391 e. The minimum atomic E-state index is -0.524. The van der Waals surface area contributed by atoms with Crippen molar-refractivity contribution in [1.29, 1.82) is 0 Å². The predicted molar refractivity (Wildman–Crippen MR) is 72.4 cm³/mol. The zero-order valence-corrected chi connectivity index (χ0v) is 11.2. The van der Waals surface area contributed by atoms with Crippen LogP contribution in [0.5, 0.6) is 0 Å². The van der Waals surface area contributed by atoms with Crippen molar-refractivity contribution in [2.24, 2.45) is 0 Å². The second-order valence-corrected chi connectivity index (χ2v) is 4.42. The van der Waals surface area contributed by atoms with Crippen LogP contribution in [0.15, 0.2) is 30.6 Å². The Morgan fingerprint density at radius 2 is 2.25 bits per heavy atom. The highest BCUT2D eigenvalue weighted by atomic mass is 16.3. The maximum atomic E-state index is 12.2. The molecule has 2 aromatic rings. The molecule has 1 amide bonds. The molecule has 7 heteroatoms. The van der Waals surface area contributed by atoms with Crippen LogP contribution in [-0.2, 0) is 0 Å². The summed E-state index contributed by atoms with van der Waals surface area (Å²) in [7, 11) is 0. The molecule has 7 nitrogen and oxygen atoms in total. The monoisotopic (exact) mass is 275 g/mol. The van der Waals surface area contributed by atoms with Crippen molar-refractivity contribution >= 4 is 5.91 Å². The van der Waals surface area contributed by atoms with Gasteiger partial charge in [0.25, 0.3) is 5.91 Å². The molecule has 0 aliphatic heterocycles. The van der Waals surface area contributed by atoms with Crippen LogP contribution in [0.25, 0.3) is 5.69 Å². The van der Waals surface area contributed by atoms with Crippen molar-refractivity contribution in [2.45, 2.75) is 25.9 Å². The maximum Gasteiger partial charge on any atom is 0.253 e. The van der Waals surface area contributed by atoms with E-state index in [0.29, 0.717) is 17.7 Å². The van der Waals surface area contributed by atoms with Crippen LogP contribution >= 0.6 is 0 Å². The van der Waals surface area contributed by atoms with E-state index in [4.69, 9.17) is 0 Å². The van der Waals surface area contributed by atoms with Crippen molar-refractivity contribution in [2.75, 3.05) is 6.54 Å². The van der Waals surface area contributed by atoms with Crippen molar-refractivity contribution in [3.63, 3.8) is 0 Å². The summed E-state index contributed by atoms with van der Waals surface area (Å²) in [5.41, 5.74) is 1.06. The standard InChI is InChI=1S/C13H17N5O2/c1-2-5-10(19)8-14-13(20)11-6-3-4-7-12(11)18-9-15-16-17-18/h3-4,6-7,9-10,19H,2,5,8H2,1H3,(H,14,20). The fourth-order valence-electron chi connectivity index (χ4n) is 1.88. The number of aliphatic hydroxyl groups excluding tert-OH is 1. The number of amides is 1. The third kappa shape index (κ3) is 3.39. The molecule has 0 aliphatic carbocycles. The number of aromatic nitrogens is 4. The fourth-order valence-corrected chi connectivity index (χ4v) is 1.88. The van der Waals surface area contributed by atoms with E-state index < -0.39 is 6.10 Å². The summed E-state index contributed by atoms with van der Waals surface area (Å²) in [4.78, 5) is 12.2. The highest BCUT2D eigenvalue weighted by molar-refractivity contribution is 5.97. The topological polar surface area (TPSA) is 92.9 Å². The first-order valence-corrected chi connectivity index (χ1v) is 6.51. The van der Waals surface area contributed by atoms with Crippen molar-refractivity contribution in [3.05, 3.63) is 36.2 Å². The molecule has 0 saturated heterocycles. The average Bonchev–Trinajstić information content (AvgIpc) is 2.99. The van der Waals surface area contributed by atoms with Gasteiger partial charge in [-0.2, -0.15) is 4.68 Å². The lowest BCUT2D eigenvalue weighted by atomic mass is 10.1. The molecule has 0 fully saturated rings. The Morgan fingerprint density at radius 3 is 2.95 bits per heavy atom. The Kier molecular flexibility index (Phi) is 4.78. The SMILES string of the molecule is CCCC(O)CNC(=O)c1ccccc1-n1cnnn1. The second kappa shape index (κ2) is 6.76. The number of para-hydroxylation sites is 1. The third-order valence-corrected chi connectivity index (χ3v) is 2.86. The van der Waals surface area contributed by atoms with Crippen LogP contribution in [0.3, 0.4) is 0 Å². The number of nitrogens with one attached hydrogen (secondary N) is 1. The third-order valence-electron chi connectivity index (χ3n) is 2.86. The van der Waals surface area contributed by atoms with E-state index in [9.17, 15) is 9.90 Å². The molecule has 2 rings (SSSR count). The Hall–Kier alpha value is -2.28. The Balaban J connectivity index is 2.11. The van der Waals surface area contributed by atoms with Crippen LogP contribution in [0.2, 0.25) is 0 Å². The zero-order valence-electron chi connectivity index (χ0n) is 11.2. The molecule has 1 unspecified atom stereocenters. The molecular weight excluding hydrogens is 258 g/mol. The number of carbonyl (C=O) groups excluding carboxylic acids is 1. The normalized spacial score (nSPS) is 12.1. The molecule has 2 N–H and O–H groups in total. The first-order valence-electron chi connectivity index (χ1n) is 6.51. The van der Waals surface area contributed by atoms with Gasteiger partial charge in [-0.25, -0.2) is 0 Å². The van der Waals surface area contributed by atoms with Crippen LogP contribution < -0.4 is 5.32 Å². The van der Waals surface area contributed by atoms with Gasteiger partial charge < -0.3 is 10.4 Å². The Labute approximate surface area is 116 Å². The summed E-state index contributed by atoms with van der Waals surface area (Å²) in [6.45, 7) is 2.22. The van der Waals surface area contributed by atoms with Gasteiger partial charge in [0, 0.05) is 6.54 Å². The summed E-state index contributed by atoms with van der Waals surface area (Å²) in [6.07, 6.45) is 2.44. The van der Waals surface area contributed by atoms with Gasteiger partial charge in [0.2, 0.25) is 0 Å². The van der Waals surface area contributed by atoms with Crippen LogP contribution in [0.1, 0.15) is 30.1 Å². The quantitative estimate of drug-likeness (QED) is 0.803. The van der Waals surface area contributed by atoms with Gasteiger partial charge in [0.1, 0.15) is 6.33 Å². The fraction of sp³-hybridized carbons (Fsp3) is 0.385. The lowest BCUT2D eigenvalue weighted by molar-refractivity contribution is 0.0910. The van der Waals surface area contributed by atoms with Crippen LogP contribution in [-0.4, -0.2) is 43.9 Å². The average molecular weight is 275 g/mol. The lowest BCUT2D eigenvalue weighted by Crippen LogP contribution is -2.32. The van der Waals surface area contributed by atoms with E-state index in [1.807, 2.05) is 6.92 Å². The number of hydrogen-bond acceptors (Lipinski definition) is 5. The predicted octanol–water partition coefficient (Wildman–Crippen LogP) is 0.553. The number of tetrazole rings is 1. The zero-order chi connectivity index (χ0) is 14.4. The molecule has 1 aromatic heterocycles. The van der Waals surface area contributed by atoms with Gasteiger partial charge in [0.05, 0.1) is 17.4 Å². The molecule has 106 valence electrons. The van der Waals surface area contributed by atoms with Crippen molar-refractivity contribution in [3.8, 4) is 5.69 Å². The van der Waals surface area contributed by atoms with Gasteiger partial charge in [-0.05, 0) is 29.0 Å².